The summed E-state index contributed by atoms with van der Waals surface area (Å²) in [5, 5.41) is 8.37. The number of nitrogens with one attached hydrogen (secondary N) is 1. The van der Waals surface area contributed by atoms with Gasteiger partial charge in [0.15, 0.2) is 0 Å². The number of nitrogens with zero attached hydrogens (tertiary/aromatic N) is 2. The number of alkyl halides is 2. The van der Waals surface area contributed by atoms with Crippen LogP contribution in [0.15, 0.2) is 321 Å². The largest absolute Gasteiger partial charge is 0.399 e. The number of para-hydroxylation sites is 2. The second kappa shape index (κ2) is 30.3. The quantitative estimate of drug-likeness (QED) is 0.0814. The summed E-state index contributed by atoms with van der Waals surface area (Å²) >= 11 is 7.48. The van der Waals surface area contributed by atoms with Crippen molar-refractivity contribution in [3.63, 3.8) is 0 Å². The van der Waals surface area contributed by atoms with Crippen molar-refractivity contribution in [3.05, 3.63) is 366 Å². The fourth-order valence-electron chi connectivity index (χ4n) is 15.1. The van der Waals surface area contributed by atoms with E-state index >= 15 is 0 Å². The Labute approximate surface area is 649 Å². The Bertz CT molecular complexity index is 5890. The third-order valence-electron chi connectivity index (χ3n) is 20.5. The Balaban J connectivity index is 0.000000154. The molecule has 0 bridgehead atoms. The van der Waals surface area contributed by atoms with Gasteiger partial charge in [-0.25, -0.2) is 8.78 Å². The first-order valence-electron chi connectivity index (χ1n) is 34.9. The molecule has 0 fully saturated rings. The van der Waals surface area contributed by atoms with Gasteiger partial charge >= 0.3 is 0 Å². The van der Waals surface area contributed by atoms with Crippen LogP contribution in [0.2, 0.25) is 0 Å². The minimum Gasteiger partial charge on any atom is -0.399 e. The van der Waals surface area contributed by atoms with E-state index < -0.39 is 0 Å². The van der Waals surface area contributed by atoms with Crippen LogP contribution in [0, 0.1) is 11.6 Å². The van der Waals surface area contributed by atoms with E-state index in [1.165, 1.54) is 151 Å². The summed E-state index contributed by atoms with van der Waals surface area (Å²) in [4.78, 5) is 3.94. The van der Waals surface area contributed by atoms with Gasteiger partial charge in [0.1, 0.15) is 11.6 Å². The molecule has 2 aliphatic carbocycles. The molecule has 0 saturated carbocycles. The molecule has 3 N–H and O–H groups in total. The number of nitrogen functional groups attached to an aromatic ring is 1. The summed E-state index contributed by atoms with van der Waals surface area (Å²) < 4.78 is 31.0. The van der Waals surface area contributed by atoms with Gasteiger partial charge in [0, 0.05) is 65.3 Å². The fourth-order valence-corrected chi connectivity index (χ4v) is 15.4. The van der Waals surface area contributed by atoms with E-state index in [0.29, 0.717) is 0 Å². The summed E-state index contributed by atoms with van der Waals surface area (Å²) in [5.41, 5.74) is 38.0. The molecule has 2 aromatic heterocycles. The third kappa shape index (κ3) is 13.9. The lowest BCUT2D eigenvalue weighted by atomic mass is 9.81. The molecule has 0 unspecified atom stereocenters. The van der Waals surface area contributed by atoms with Crippen molar-refractivity contribution >= 4 is 134 Å². The smallest absolute Gasteiger partial charge is 0.123 e. The number of anilines is 3. The summed E-state index contributed by atoms with van der Waals surface area (Å²) in [7, 11) is 0. The van der Waals surface area contributed by atoms with Gasteiger partial charge in [0.05, 0.1) is 22.1 Å². The number of rotatable bonds is 10. The van der Waals surface area contributed by atoms with Gasteiger partial charge < -0.3 is 20.2 Å². The molecule has 0 atom stereocenters. The van der Waals surface area contributed by atoms with Gasteiger partial charge in [0.25, 0.3) is 0 Å². The molecule has 14 aromatic carbocycles. The van der Waals surface area contributed by atoms with Crippen LogP contribution >= 0.6 is 61.1 Å². The summed E-state index contributed by atoms with van der Waals surface area (Å²) in [6, 6.07) is 105. The van der Waals surface area contributed by atoms with Crippen molar-refractivity contribution < 1.29 is 8.78 Å². The molecule has 4 nitrogen and oxygen atoms in total. The van der Waals surface area contributed by atoms with E-state index in [1.807, 2.05) is 34.1 Å². The van der Waals surface area contributed by atoms with Gasteiger partial charge in [0.2, 0.25) is 0 Å². The highest BCUT2D eigenvalue weighted by molar-refractivity contribution is 14.1. The van der Waals surface area contributed by atoms with Crippen molar-refractivity contribution in [1.29, 1.82) is 0 Å². The van der Waals surface area contributed by atoms with E-state index in [2.05, 4.69) is 359 Å². The zero-order valence-corrected chi connectivity index (χ0v) is 65.2. The maximum absolute atomic E-state index is 13.3. The minimum absolute atomic E-state index is 0.109. The molecular formula is C96H77BrF2I2N4. The van der Waals surface area contributed by atoms with Crippen molar-refractivity contribution in [3.8, 4) is 78.1 Å². The van der Waals surface area contributed by atoms with Crippen LogP contribution in [0.3, 0.4) is 0 Å². The highest BCUT2D eigenvalue weighted by atomic mass is 127. The van der Waals surface area contributed by atoms with Crippen LogP contribution in [-0.4, -0.2) is 19.0 Å². The first-order valence-corrected chi connectivity index (χ1v) is 40.0. The van der Waals surface area contributed by atoms with E-state index in [4.69, 9.17) is 5.73 Å². The normalized spacial score (nSPS) is 12.4. The van der Waals surface area contributed by atoms with E-state index in [-0.39, 0.29) is 22.5 Å². The number of hydrogen-bond acceptors (Lipinski definition) is 2. The number of aromatic nitrogens is 2. The number of nitrogens with two attached hydrogens (primary N) is 1. The summed E-state index contributed by atoms with van der Waals surface area (Å²) in [5.74, 6) is -0.440. The molecular weight excluding hydrogens is 1580 g/mol. The first-order chi connectivity index (χ1) is 51.1. The topological polar surface area (TPSA) is 47.9 Å². The monoisotopic (exact) mass is 1660 g/mol. The van der Waals surface area contributed by atoms with E-state index in [9.17, 15) is 8.78 Å². The lowest BCUT2D eigenvalue weighted by Crippen LogP contribution is -2.15. The van der Waals surface area contributed by atoms with Crippen molar-refractivity contribution in [1.82, 2.24) is 9.13 Å². The first kappa shape index (κ1) is 71.5. The molecule has 0 aliphatic heterocycles. The van der Waals surface area contributed by atoms with Gasteiger partial charge in [-0.3, -0.25) is 0 Å². The van der Waals surface area contributed by atoms with Crippen LogP contribution in [0.4, 0.5) is 25.8 Å². The average molecular weight is 1660 g/mol. The Morgan fingerprint density at radius 3 is 1.00 bits per heavy atom. The summed E-state index contributed by atoms with van der Waals surface area (Å²) in [6.45, 7) is 17.2. The molecule has 0 saturated heterocycles. The Morgan fingerprint density at radius 1 is 0.343 bits per heavy atom. The standard InChI is InChI=1S/C47H35FN2.C41H32N2.C6H4BrF.2CH3I/c1-4-30-9-22-38(23-10-30)50-45-8-6-5-7-41(45)42-27-32(15-26-46(42)50)34-14-25-40-39-24-13-33(28-43(39)47(2,3)44(40)29-34)31-11-18-36(19-12-31)49-37-20-16-35(48)17-21-37;1-4-26-9-18-32(19-10-26)43-39-8-6-5-7-35(39)36-23-28(15-22-40(36)43)30-14-21-34-33-20-13-29(27-11-16-31(42)17-12-27)24-37(33)41(2,3)38(34)25-30;7-5-1-3-6(8)4-2-5;2*1-2/h4-29,49H,1H2,2-3H3;4-25H,1,42H2,2-3H3;1-4H;2*1H3. The van der Waals surface area contributed by atoms with Crippen molar-refractivity contribution in [2.45, 2.75) is 38.5 Å². The Hall–Kier alpha value is -10.4. The maximum atomic E-state index is 13.3. The van der Waals surface area contributed by atoms with Crippen LogP contribution < -0.4 is 11.1 Å². The van der Waals surface area contributed by atoms with Crippen molar-refractivity contribution in [2.75, 3.05) is 20.9 Å². The SMILES string of the molecule is C=Cc1ccc(-n2c3ccccc3c3cc(-c4ccc5c(c4)C(C)(C)c4cc(-c6ccc(N)cc6)ccc4-5)ccc32)cc1.C=Cc1ccc(-n2c3ccccc3c3cc(-c4ccc5c(c4)C(C)(C)c4cc(-c6ccc(Nc7ccc(F)cc7)cc6)ccc4-5)ccc32)cc1.CI.CI.Fc1ccc(Br)cc1. The molecule has 18 rings (SSSR count). The van der Waals surface area contributed by atoms with Crippen LogP contribution in [0.1, 0.15) is 61.1 Å². The molecule has 105 heavy (non-hydrogen) atoms. The highest BCUT2D eigenvalue weighted by Gasteiger charge is 2.37. The molecule has 9 heteroatoms. The van der Waals surface area contributed by atoms with Crippen molar-refractivity contribution in [2.24, 2.45) is 0 Å². The Morgan fingerprint density at radius 2 is 0.638 bits per heavy atom. The van der Waals surface area contributed by atoms with Gasteiger partial charge in [-0.15, -0.1) is 0 Å². The molecule has 2 aliphatic rings. The number of hydrogen-bond donors (Lipinski definition) is 2. The lowest BCUT2D eigenvalue weighted by molar-refractivity contribution is 0.627. The molecule has 0 radical (unpaired) electrons. The predicted molar refractivity (Wildman–Crippen MR) is 467 cm³/mol. The molecule has 16 aromatic rings. The number of halogens is 5. The van der Waals surface area contributed by atoms with E-state index in [0.717, 1.165) is 49.6 Å². The van der Waals surface area contributed by atoms with Gasteiger partial charge in [-0.05, 0) is 268 Å². The predicted octanol–water partition coefficient (Wildman–Crippen LogP) is 28.3. The molecule has 2 heterocycles. The van der Waals surface area contributed by atoms with Gasteiger partial charge in [-0.2, -0.15) is 0 Å². The maximum Gasteiger partial charge on any atom is 0.123 e. The lowest BCUT2D eigenvalue weighted by Gasteiger charge is -2.22. The van der Waals surface area contributed by atoms with E-state index in [1.54, 1.807) is 24.3 Å². The van der Waals surface area contributed by atoms with Crippen LogP contribution in [-0.2, 0) is 10.8 Å². The van der Waals surface area contributed by atoms with Crippen LogP contribution in [0.5, 0.6) is 0 Å². The highest BCUT2D eigenvalue weighted by Crippen LogP contribution is 2.53. The minimum atomic E-state index is -0.239. The Kier molecular flexibility index (Phi) is 20.7. The average Bonchev–Trinajstić information content (AvgIpc) is 1.59. The molecule has 516 valence electrons. The summed E-state index contributed by atoms with van der Waals surface area (Å²) in [6.07, 6.45) is 3.77. The van der Waals surface area contributed by atoms with Crippen LogP contribution in [0.25, 0.3) is 134 Å². The molecule has 0 spiro atoms. The van der Waals surface area contributed by atoms with Gasteiger partial charge in [-0.1, -0.05) is 260 Å². The third-order valence-corrected chi connectivity index (χ3v) is 21.1. The number of benzene rings is 14. The zero-order chi connectivity index (χ0) is 73.3. The zero-order valence-electron chi connectivity index (χ0n) is 59.3. The molecule has 0 amide bonds. The second-order valence-corrected chi connectivity index (χ2v) is 28.2. The second-order valence-electron chi connectivity index (χ2n) is 27.3. The number of fused-ring (bicyclic) bond motifs is 12. The fraction of sp³-hybridized carbons (Fsp3) is 0.0833.